The van der Waals surface area contributed by atoms with E-state index >= 15 is 0 Å². The molecule has 0 aliphatic carbocycles. The van der Waals surface area contributed by atoms with E-state index in [-0.39, 0.29) is 11.9 Å². The normalized spacial score (nSPS) is 20.8. The molecule has 7 nitrogen and oxygen atoms in total. The van der Waals surface area contributed by atoms with Crippen molar-refractivity contribution in [2.24, 2.45) is 0 Å². The minimum Gasteiger partial charge on any atom is -0.490 e. The second-order valence-electron chi connectivity index (χ2n) is 8.21. The van der Waals surface area contributed by atoms with E-state index in [1.807, 2.05) is 19.1 Å². The number of benzene rings is 2. The lowest BCUT2D eigenvalue weighted by atomic mass is 9.92. The van der Waals surface area contributed by atoms with E-state index in [0.29, 0.717) is 43.1 Å². The Morgan fingerprint density at radius 3 is 2.29 bits per heavy atom. The van der Waals surface area contributed by atoms with Gasteiger partial charge in [0.05, 0.1) is 30.4 Å². The maximum Gasteiger partial charge on any atom is 0.262 e. The maximum absolute atomic E-state index is 13.4. The van der Waals surface area contributed by atoms with Gasteiger partial charge in [-0.3, -0.25) is 19.3 Å². The average molecular weight is 420 g/mol. The molecular formula is C24H24N2O5. The molecule has 0 bridgehead atoms. The average Bonchev–Trinajstić information content (AvgIpc) is 2.92. The van der Waals surface area contributed by atoms with Crippen LogP contribution in [0.5, 0.6) is 11.5 Å². The predicted octanol–water partition coefficient (Wildman–Crippen LogP) is 2.98. The summed E-state index contributed by atoms with van der Waals surface area (Å²) >= 11 is 0. The minimum absolute atomic E-state index is 0.203. The van der Waals surface area contributed by atoms with Crippen LogP contribution in [-0.2, 0) is 11.2 Å². The van der Waals surface area contributed by atoms with Gasteiger partial charge in [-0.25, -0.2) is 0 Å². The van der Waals surface area contributed by atoms with Crippen molar-refractivity contribution >= 4 is 17.7 Å². The fourth-order valence-electron chi connectivity index (χ4n) is 4.69. The van der Waals surface area contributed by atoms with Crippen molar-refractivity contribution in [1.82, 2.24) is 9.80 Å². The van der Waals surface area contributed by atoms with Crippen molar-refractivity contribution in [2.75, 3.05) is 19.8 Å². The highest BCUT2D eigenvalue weighted by Gasteiger charge is 2.43. The summed E-state index contributed by atoms with van der Waals surface area (Å²) in [4.78, 5) is 41.9. The molecule has 3 aliphatic heterocycles. The molecule has 3 heterocycles. The van der Waals surface area contributed by atoms with Crippen molar-refractivity contribution < 1.29 is 23.9 Å². The molecule has 0 N–H and O–H groups in total. The van der Waals surface area contributed by atoms with Gasteiger partial charge in [0.25, 0.3) is 11.8 Å². The molecule has 0 spiro atoms. The Kier molecular flexibility index (Phi) is 4.68. The molecule has 0 radical (unpaired) electrons. The summed E-state index contributed by atoms with van der Waals surface area (Å²) in [5.41, 5.74) is 2.85. The van der Waals surface area contributed by atoms with Gasteiger partial charge in [0.1, 0.15) is 6.04 Å². The highest BCUT2D eigenvalue weighted by Crippen LogP contribution is 2.39. The Labute approximate surface area is 180 Å². The van der Waals surface area contributed by atoms with Gasteiger partial charge in [0, 0.05) is 13.0 Å². The second-order valence-corrected chi connectivity index (χ2v) is 8.21. The molecule has 2 atom stereocenters. The highest BCUT2D eigenvalue weighted by molar-refractivity contribution is 6.22. The van der Waals surface area contributed by atoms with Gasteiger partial charge in [-0.1, -0.05) is 12.1 Å². The molecule has 0 saturated heterocycles. The first-order valence-corrected chi connectivity index (χ1v) is 10.7. The standard InChI is InChI=1S/C24H24N2O5/c1-14-19-13-21-20(30-10-5-11-31-21)12-16(19)8-9-25(14)22(27)15(2)26-23(28)17-6-3-4-7-18(17)24(26)29/h3-4,6-7,12-15H,5,8-11H2,1-2H3/t14-,15+/m0/s1. The summed E-state index contributed by atoms with van der Waals surface area (Å²) in [5.74, 6) is 0.387. The van der Waals surface area contributed by atoms with E-state index in [2.05, 4.69) is 0 Å². The molecular weight excluding hydrogens is 396 g/mol. The number of carbonyl (C=O) groups excluding carboxylic acids is 3. The highest BCUT2D eigenvalue weighted by atomic mass is 16.5. The van der Waals surface area contributed by atoms with Crippen LogP contribution in [0.2, 0.25) is 0 Å². The molecule has 2 aromatic rings. The van der Waals surface area contributed by atoms with Crippen LogP contribution in [0.4, 0.5) is 0 Å². The molecule has 3 aliphatic rings. The van der Waals surface area contributed by atoms with Crippen LogP contribution >= 0.6 is 0 Å². The van der Waals surface area contributed by atoms with Crippen LogP contribution < -0.4 is 9.47 Å². The second kappa shape index (κ2) is 7.41. The first-order chi connectivity index (χ1) is 15.0. The lowest BCUT2D eigenvalue weighted by Gasteiger charge is -2.38. The summed E-state index contributed by atoms with van der Waals surface area (Å²) in [6, 6.07) is 9.59. The number of rotatable bonds is 2. The van der Waals surface area contributed by atoms with Crippen LogP contribution in [0.25, 0.3) is 0 Å². The van der Waals surface area contributed by atoms with Gasteiger partial charge >= 0.3 is 0 Å². The first kappa shape index (κ1) is 19.6. The lowest BCUT2D eigenvalue weighted by molar-refractivity contribution is -0.137. The molecule has 5 rings (SSSR count). The number of carbonyl (C=O) groups is 3. The zero-order chi connectivity index (χ0) is 21.7. The third kappa shape index (κ3) is 3.07. The Morgan fingerprint density at radius 2 is 1.65 bits per heavy atom. The monoisotopic (exact) mass is 420 g/mol. The molecule has 0 unspecified atom stereocenters. The van der Waals surface area contributed by atoms with E-state index in [9.17, 15) is 14.4 Å². The smallest absolute Gasteiger partial charge is 0.262 e. The molecule has 0 aromatic heterocycles. The van der Waals surface area contributed by atoms with Crippen LogP contribution in [0.15, 0.2) is 36.4 Å². The number of imide groups is 1. The SMILES string of the molecule is C[C@H](C(=O)N1CCc2cc3c(cc2[C@@H]1C)OCCCO3)N1C(=O)c2ccccc2C1=O. The molecule has 7 heteroatoms. The van der Waals surface area contributed by atoms with Crippen LogP contribution in [0.1, 0.15) is 58.2 Å². The Hall–Kier alpha value is -3.35. The lowest BCUT2D eigenvalue weighted by Crippen LogP contribution is -2.51. The van der Waals surface area contributed by atoms with Gasteiger partial charge in [-0.15, -0.1) is 0 Å². The number of hydrogen-bond donors (Lipinski definition) is 0. The number of hydrogen-bond acceptors (Lipinski definition) is 5. The molecule has 2 aromatic carbocycles. The van der Waals surface area contributed by atoms with E-state index in [0.717, 1.165) is 28.2 Å². The third-order valence-corrected chi connectivity index (χ3v) is 6.40. The largest absolute Gasteiger partial charge is 0.490 e. The zero-order valence-corrected chi connectivity index (χ0v) is 17.6. The Morgan fingerprint density at radius 1 is 1.03 bits per heavy atom. The van der Waals surface area contributed by atoms with E-state index < -0.39 is 17.9 Å². The zero-order valence-electron chi connectivity index (χ0n) is 17.6. The molecule has 160 valence electrons. The van der Waals surface area contributed by atoms with Crippen molar-refractivity contribution in [3.8, 4) is 11.5 Å². The minimum atomic E-state index is -0.878. The summed E-state index contributed by atoms with van der Waals surface area (Å²) in [5, 5.41) is 0. The Balaban J connectivity index is 1.40. The van der Waals surface area contributed by atoms with Crippen LogP contribution in [-0.4, -0.2) is 53.3 Å². The topological polar surface area (TPSA) is 76.2 Å². The van der Waals surface area contributed by atoms with E-state index in [4.69, 9.17) is 9.47 Å². The number of nitrogens with zero attached hydrogens (tertiary/aromatic N) is 2. The van der Waals surface area contributed by atoms with E-state index in [1.54, 1.807) is 36.1 Å². The fourth-order valence-corrected chi connectivity index (χ4v) is 4.69. The summed E-state index contributed by atoms with van der Waals surface area (Å²) < 4.78 is 11.6. The van der Waals surface area contributed by atoms with Crippen LogP contribution in [0.3, 0.4) is 0 Å². The summed E-state index contributed by atoms with van der Waals surface area (Å²) in [7, 11) is 0. The van der Waals surface area contributed by atoms with Gasteiger partial charge in [0.2, 0.25) is 5.91 Å². The molecule has 31 heavy (non-hydrogen) atoms. The fraction of sp³-hybridized carbons (Fsp3) is 0.375. The summed E-state index contributed by atoms with van der Waals surface area (Å²) in [6.07, 6.45) is 1.51. The molecule has 0 fully saturated rings. The molecule has 0 saturated carbocycles. The van der Waals surface area contributed by atoms with Gasteiger partial charge < -0.3 is 14.4 Å². The van der Waals surface area contributed by atoms with Gasteiger partial charge in [-0.05, 0) is 55.7 Å². The van der Waals surface area contributed by atoms with Crippen molar-refractivity contribution in [3.63, 3.8) is 0 Å². The number of amides is 3. The Bertz CT molecular complexity index is 1060. The van der Waals surface area contributed by atoms with Crippen molar-refractivity contribution in [2.45, 2.75) is 38.8 Å². The van der Waals surface area contributed by atoms with E-state index in [1.165, 1.54) is 0 Å². The number of ether oxygens (including phenoxy) is 2. The summed E-state index contributed by atoms with van der Waals surface area (Å²) in [6.45, 7) is 5.33. The van der Waals surface area contributed by atoms with Crippen molar-refractivity contribution in [1.29, 1.82) is 0 Å². The maximum atomic E-state index is 13.4. The van der Waals surface area contributed by atoms with Gasteiger partial charge in [-0.2, -0.15) is 0 Å². The predicted molar refractivity (Wildman–Crippen MR) is 112 cm³/mol. The quantitative estimate of drug-likeness (QED) is 0.699. The third-order valence-electron chi connectivity index (χ3n) is 6.40. The first-order valence-electron chi connectivity index (χ1n) is 10.7. The number of fused-ring (bicyclic) bond motifs is 3. The van der Waals surface area contributed by atoms with Crippen LogP contribution in [0, 0.1) is 0 Å². The molecule has 3 amide bonds. The van der Waals surface area contributed by atoms with Gasteiger partial charge in [0.15, 0.2) is 11.5 Å². The van der Waals surface area contributed by atoms with Crippen molar-refractivity contribution in [3.05, 3.63) is 58.7 Å².